The highest BCUT2D eigenvalue weighted by molar-refractivity contribution is 5.94. The number of alkyl halides is 3. The van der Waals surface area contributed by atoms with Crippen molar-refractivity contribution in [2.75, 3.05) is 52.5 Å². The van der Waals surface area contributed by atoms with Gasteiger partial charge in [-0.1, -0.05) is 0 Å². The molecule has 10 heteroatoms. The van der Waals surface area contributed by atoms with Gasteiger partial charge in [-0.2, -0.15) is 13.2 Å². The number of carbonyl (C=O) groups is 3. The molecule has 3 saturated heterocycles. The molecule has 0 radical (unpaired) electrons. The minimum absolute atomic E-state index is 0.0506. The number of ether oxygens (including phenoxy) is 1. The quantitative estimate of drug-likeness (QED) is 0.666. The van der Waals surface area contributed by atoms with Gasteiger partial charge in [0, 0.05) is 56.7 Å². The SMILES string of the molecule is O=C(c1ccc(C(F)(F)F)cc1)N1CCC(C(=O)N2CCC(C(=O)N3CCOCC3)CC2)CC1. The number of benzene rings is 1. The van der Waals surface area contributed by atoms with E-state index < -0.39 is 11.7 Å². The van der Waals surface area contributed by atoms with Crippen LogP contribution in [0.1, 0.15) is 41.6 Å². The first-order chi connectivity index (χ1) is 16.2. The van der Waals surface area contributed by atoms with Gasteiger partial charge in [0.1, 0.15) is 0 Å². The topological polar surface area (TPSA) is 70.2 Å². The molecule has 0 atom stereocenters. The Morgan fingerprint density at radius 3 is 1.62 bits per heavy atom. The molecular weight excluding hydrogens is 451 g/mol. The molecule has 0 unspecified atom stereocenters. The number of halogens is 3. The van der Waals surface area contributed by atoms with Crippen molar-refractivity contribution in [3.8, 4) is 0 Å². The van der Waals surface area contributed by atoms with Crippen LogP contribution in [0.4, 0.5) is 13.2 Å². The molecule has 186 valence electrons. The number of carbonyl (C=O) groups excluding carboxylic acids is 3. The molecule has 0 N–H and O–H groups in total. The molecular formula is C24H30F3N3O4. The van der Waals surface area contributed by atoms with Gasteiger partial charge in [-0.3, -0.25) is 14.4 Å². The maximum atomic E-state index is 13.0. The number of rotatable bonds is 3. The lowest BCUT2D eigenvalue weighted by Crippen LogP contribution is -2.49. The van der Waals surface area contributed by atoms with Crippen LogP contribution in [0.25, 0.3) is 0 Å². The molecule has 3 aliphatic rings. The number of hydrogen-bond acceptors (Lipinski definition) is 4. The molecule has 0 saturated carbocycles. The van der Waals surface area contributed by atoms with E-state index in [2.05, 4.69) is 0 Å². The highest BCUT2D eigenvalue weighted by Crippen LogP contribution is 2.30. The second-order valence-corrected chi connectivity index (χ2v) is 9.18. The summed E-state index contributed by atoms with van der Waals surface area (Å²) in [6.45, 7) is 4.30. The van der Waals surface area contributed by atoms with E-state index in [-0.39, 0.29) is 35.1 Å². The molecule has 1 aromatic rings. The van der Waals surface area contributed by atoms with Crippen molar-refractivity contribution in [2.24, 2.45) is 11.8 Å². The summed E-state index contributed by atoms with van der Waals surface area (Å²) in [5, 5.41) is 0. The fourth-order valence-electron chi connectivity index (χ4n) is 4.96. The summed E-state index contributed by atoms with van der Waals surface area (Å²) in [6, 6.07) is 4.23. The molecule has 34 heavy (non-hydrogen) atoms. The Kier molecular flexibility index (Phi) is 7.45. The van der Waals surface area contributed by atoms with Crippen molar-refractivity contribution in [3.63, 3.8) is 0 Å². The Hall–Kier alpha value is -2.62. The molecule has 3 fully saturated rings. The first-order valence-electron chi connectivity index (χ1n) is 11.9. The lowest BCUT2D eigenvalue weighted by Gasteiger charge is -2.38. The van der Waals surface area contributed by atoms with Gasteiger partial charge in [-0.15, -0.1) is 0 Å². The average molecular weight is 482 g/mol. The van der Waals surface area contributed by atoms with E-state index in [0.29, 0.717) is 78.2 Å². The average Bonchev–Trinajstić information content (AvgIpc) is 2.87. The highest BCUT2D eigenvalue weighted by atomic mass is 19.4. The molecule has 1 aromatic carbocycles. The zero-order chi connectivity index (χ0) is 24.3. The van der Waals surface area contributed by atoms with Gasteiger partial charge in [0.15, 0.2) is 0 Å². The summed E-state index contributed by atoms with van der Waals surface area (Å²) in [5.41, 5.74) is -0.575. The fraction of sp³-hybridized carbons (Fsp3) is 0.625. The van der Waals surface area contributed by atoms with E-state index in [1.807, 2.05) is 9.80 Å². The summed E-state index contributed by atoms with van der Waals surface area (Å²) >= 11 is 0. The first-order valence-corrected chi connectivity index (χ1v) is 11.9. The zero-order valence-electron chi connectivity index (χ0n) is 19.1. The Morgan fingerprint density at radius 1 is 0.706 bits per heavy atom. The van der Waals surface area contributed by atoms with E-state index in [1.54, 1.807) is 4.90 Å². The second kappa shape index (κ2) is 10.3. The van der Waals surface area contributed by atoms with Crippen LogP contribution in [0.2, 0.25) is 0 Å². The molecule has 0 aromatic heterocycles. The molecule has 0 bridgehead atoms. The lowest BCUT2D eigenvalue weighted by molar-refractivity contribution is -0.145. The Labute approximate surface area is 196 Å². The molecule has 7 nitrogen and oxygen atoms in total. The molecule has 0 aliphatic carbocycles. The van der Waals surface area contributed by atoms with Gasteiger partial charge in [0.05, 0.1) is 18.8 Å². The Bertz CT molecular complexity index is 884. The second-order valence-electron chi connectivity index (χ2n) is 9.18. The maximum Gasteiger partial charge on any atom is 0.416 e. The third kappa shape index (κ3) is 5.54. The molecule has 3 aliphatic heterocycles. The van der Waals surface area contributed by atoms with E-state index >= 15 is 0 Å². The smallest absolute Gasteiger partial charge is 0.378 e. The zero-order valence-corrected chi connectivity index (χ0v) is 19.1. The van der Waals surface area contributed by atoms with Crippen molar-refractivity contribution >= 4 is 17.7 Å². The van der Waals surface area contributed by atoms with Crippen molar-refractivity contribution in [1.82, 2.24) is 14.7 Å². The van der Waals surface area contributed by atoms with E-state index in [4.69, 9.17) is 4.74 Å². The minimum Gasteiger partial charge on any atom is -0.378 e. The summed E-state index contributed by atoms with van der Waals surface area (Å²) < 4.78 is 43.5. The summed E-state index contributed by atoms with van der Waals surface area (Å²) in [7, 11) is 0. The van der Waals surface area contributed by atoms with Gasteiger partial charge in [0.2, 0.25) is 11.8 Å². The third-order valence-electron chi connectivity index (χ3n) is 7.07. The van der Waals surface area contributed by atoms with Crippen LogP contribution in [-0.4, -0.2) is 84.9 Å². The van der Waals surface area contributed by atoms with Gasteiger partial charge >= 0.3 is 6.18 Å². The first kappa shape index (κ1) is 24.5. The number of morpholine rings is 1. The van der Waals surface area contributed by atoms with Crippen LogP contribution in [0.3, 0.4) is 0 Å². The van der Waals surface area contributed by atoms with Crippen molar-refractivity contribution in [2.45, 2.75) is 31.9 Å². The largest absolute Gasteiger partial charge is 0.416 e. The number of amides is 3. The van der Waals surface area contributed by atoms with Crippen LogP contribution < -0.4 is 0 Å². The van der Waals surface area contributed by atoms with Crippen molar-refractivity contribution in [1.29, 1.82) is 0 Å². The normalized spacial score (nSPS) is 21.0. The van der Waals surface area contributed by atoms with Crippen LogP contribution in [0, 0.1) is 11.8 Å². The molecule has 0 spiro atoms. The monoisotopic (exact) mass is 481 g/mol. The minimum atomic E-state index is -4.44. The number of piperidine rings is 2. The predicted molar refractivity (Wildman–Crippen MR) is 117 cm³/mol. The van der Waals surface area contributed by atoms with Crippen LogP contribution in [-0.2, 0) is 20.5 Å². The fourth-order valence-corrected chi connectivity index (χ4v) is 4.96. The van der Waals surface area contributed by atoms with Crippen molar-refractivity contribution < 1.29 is 32.3 Å². The number of likely N-dealkylation sites (tertiary alicyclic amines) is 2. The maximum absolute atomic E-state index is 13.0. The van der Waals surface area contributed by atoms with Gasteiger partial charge < -0.3 is 19.4 Å². The molecule has 4 rings (SSSR count). The lowest BCUT2D eigenvalue weighted by atomic mass is 9.91. The number of hydrogen-bond donors (Lipinski definition) is 0. The van der Waals surface area contributed by atoms with Gasteiger partial charge in [0.25, 0.3) is 5.91 Å². The van der Waals surface area contributed by atoms with Crippen LogP contribution in [0.15, 0.2) is 24.3 Å². The number of nitrogens with zero attached hydrogens (tertiary/aromatic N) is 3. The third-order valence-corrected chi connectivity index (χ3v) is 7.07. The van der Waals surface area contributed by atoms with Gasteiger partial charge in [-0.05, 0) is 49.9 Å². The Morgan fingerprint density at radius 2 is 1.15 bits per heavy atom. The van der Waals surface area contributed by atoms with E-state index in [1.165, 1.54) is 12.1 Å². The predicted octanol–water partition coefficient (Wildman–Crippen LogP) is 2.66. The standard InChI is InChI=1S/C24H30F3N3O4/c25-24(26,27)20-3-1-17(2-4-20)21(31)28-9-5-18(6-10-28)22(32)29-11-7-19(8-12-29)23(33)30-13-15-34-16-14-30/h1-4,18-19H,5-16H2. The summed E-state index contributed by atoms with van der Waals surface area (Å²) in [5.74, 6) is -0.319. The van der Waals surface area contributed by atoms with E-state index in [9.17, 15) is 27.6 Å². The highest BCUT2D eigenvalue weighted by Gasteiger charge is 2.35. The molecule has 3 amide bonds. The molecule has 3 heterocycles. The van der Waals surface area contributed by atoms with Crippen molar-refractivity contribution in [3.05, 3.63) is 35.4 Å². The van der Waals surface area contributed by atoms with Crippen LogP contribution >= 0.6 is 0 Å². The van der Waals surface area contributed by atoms with Gasteiger partial charge in [-0.25, -0.2) is 0 Å². The van der Waals surface area contributed by atoms with Crippen LogP contribution in [0.5, 0.6) is 0 Å². The summed E-state index contributed by atoms with van der Waals surface area (Å²) in [6.07, 6.45) is -2.07. The Balaban J connectivity index is 1.24. The summed E-state index contributed by atoms with van der Waals surface area (Å²) in [4.78, 5) is 43.7. The van der Waals surface area contributed by atoms with E-state index in [0.717, 1.165) is 12.1 Å².